The maximum absolute atomic E-state index is 7.75. The minimum absolute atomic E-state index is 0. The summed E-state index contributed by atoms with van der Waals surface area (Å²) in [6, 6.07) is 0. The predicted molar refractivity (Wildman–Crippen MR) is 45.6 cm³/mol. The van der Waals surface area contributed by atoms with Crippen molar-refractivity contribution < 1.29 is 118 Å². The van der Waals surface area contributed by atoms with Gasteiger partial charge in [-0.25, -0.2) is 0 Å². The summed E-state index contributed by atoms with van der Waals surface area (Å²) >= 11 is 0. The molecule has 0 aliphatic carbocycles. The van der Waals surface area contributed by atoms with E-state index >= 15 is 0 Å². The molecule has 16 heavy (non-hydrogen) atoms. The van der Waals surface area contributed by atoms with Gasteiger partial charge in [0.2, 0.25) is 0 Å². The first kappa shape index (κ1) is 158. The molecular formula is C5H16O7Re4-4. The predicted octanol–water partition coefficient (Wildman–Crippen LogP) is -3.25. The summed E-state index contributed by atoms with van der Waals surface area (Å²) < 4.78 is 0. The number of carbonyl (C=O) groups excluding carboxylic acids is 3. The van der Waals surface area contributed by atoms with Gasteiger partial charge in [-0.05, 0) is 0 Å². The molecule has 4 radical (unpaired) electrons. The average Bonchev–Trinajstić information content (AvgIpc) is 2.03. The Labute approximate surface area is 151 Å². The van der Waals surface area contributed by atoms with Gasteiger partial charge in [0, 0.05) is 88.8 Å². The van der Waals surface area contributed by atoms with Crippen molar-refractivity contribution in [3.8, 4) is 0 Å². The van der Waals surface area contributed by atoms with Crippen molar-refractivity contribution in [2.24, 2.45) is 0 Å². The summed E-state index contributed by atoms with van der Waals surface area (Å²) in [4.78, 5) is 23.2. The third kappa shape index (κ3) is 1450. The Morgan fingerprint density at radius 3 is 0.562 bits per heavy atom. The second kappa shape index (κ2) is 1760. The van der Waals surface area contributed by atoms with Crippen LogP contribution >= 0.6 is 0 Å². The van der Waals surface area contributed by atoms with E-state index in [1.165, 1.54) is 0 Å². The molecule has 0 atom stereocenters. The summed E-state index contributed by atoms with van der Waals surface area (Å²) in [5.74, 6) is 0. The molecular weight excluding hydrogens is 917 g/mol. The molecule has 0 unspecified atom stereocenters. The van der Waals surface area contributed by atoms with Crippen molar-refractivity contribution in [1.29, 1.82) is 0 Å². The van der Waals surface area contributed by atoms with E-state index in [2.05, 4.69) is 20.4 Å². The molecule has 0 spiro atoms. The average molecular weight is 933 g/mol. The van der Waals surface area contributed by atoms with Crippen LogP contribution in [0.4, 0.5) is 0 Å². The minimum atomic E-state index is 0. The maximum atomic E-state index is 7.75. The fourth-order valence-electron chi connectivity index (χ4n) is 0. The second-order valence-corrected chi connectivity index (χ2v) is 0. The first-order valence-corrected chi connectivity index (χ1v) is 1.15. The monoisotopic (exact) mass is 936 g/mol. The van der Waals surface area contributed by atoms with E-state index in [-0.39, 0.29) is 106 Å². The summed E-state index contributed by atoms with van der Waals surface area (Å²) in [5.41, 5.74) is 0. The molecule has 0 aromatic rings. The van der Waals surface area contributed by atoms with Crippen LogP contribution in [0.25, 0.3) is 0 Å². The van der Waals surface area contributed by atoms with Crippen molar-refractivity contribution in [3.63, 3.8) is 0 Å². The van der Waals surface area contributed by atoms with E-state index in [9.17, 15) is 0 Å². The van der Waals surface area contributed by atoms with Crippen LogP contribution in [-0.2, 0) is 96.1 Å². The van der Waals surface area contributed by atoms with Crippen LogP contribution in [0.15, 0.2) is 0 Å². The van der Waals surface area contributed by atoms with Crippen LogP contribution in [-0.4, -0.2) is 49.0 Å². The molecule has 0 aromatic carbocycles. The Balaban J connectivity index is -0.00000000114. The summed E-state index contributed by atoms with van der Waals surface area (Å²) in [6.07, 6.45) is 0. The Morgan fingerprint density at radius 1 is 0.562 bits per heavy atom. The number of hydrogen-bond acceptors (Lipinski definition) is 4. The standard InChI is InChI=1S/CH4O.3CHO.CH3.3H2O.4Re/c4*1-2;;;;;;;;/h2H,1H3;3*1H;1H3;3*1H2;;;;/q;4*-1;;;;;;;. The Kier molecular flexibility index (Phi) is 17400. The maximum Gasteiger partial charge on any atom is 0.0319 e. The zero-order valence-electron chi connectivity index (χ0n) is 8.42. The normalized spacial score (nSPS) is 1.12. The van der Waals surface area contributed by atoms with Gasteiger partial charge < -0.3 is 43.3 Å². The van der Waals surface area contributed by atoms with E-state index in [0.717, 1.165) is 7.11 Å². The van der Waals surface area contributed by atoms with Gasteiger partial charge in [0.1, 0.15) is 0 Å². The van der Waals surface area contributed by atoms with Gasteiger partial charge in [-0.2, -0.15) is 0 Å². The largest absolute Gasteiger partial charge is 0.545 e. The van der Waals surface area contributed by atoms with Crippen LogP contribution in [0, 0.1) is 7.43 Å². The van der Waals surface area contributed by atoms with Crippen molar-refractivity contribution in [2.75, 3.05) is 7.11 Å². The van der Waals surface area contributed by atoms with Gasteiger partial charge in [0.25, 0.3) is 0 Å². The molecule has 0 aliphatic rings. The van der Waals surface area contributed by atoms with Gasteiger partial charge in [0.05, 0.1) is 0 Å². The van der Waals surface area contributed by atoms with Gasteiger partial charge >= 0.3 is 0 Å². The summed E-state index contributed by atoms with van der Waals surface area (Å²) in [5, 5.41) is 7.00. The number of hydrogen-bond donors (Lipinski definition) is 1. The molecule has 0 aliphatic heterocycles. The van der Waals surface area contributed by atoms with E-state index in [4.69, 9.17) is 19.5 Å². The smallest absolute Gasteiger partial charge is 0.0319 e. The fourth-order valence-corrected chi connectivity index (χ4v) is 0. The molecule has 7 N–H and O–H groups in total. The molecule has 0 aromatic heterocycles. The Morgan fingerprint density at radius 2 is 0.562 bits per heavy atom. The van der Waals surface area contributed by atoms with Crippen LogP contribution in [0.1, 0.15) is 0 Å². The molecule has 0 saturated carbocycles. The molecule has 0 rings (SSSR count). The molecule has 0 heterocycles. The third-order valence-electron chi connectivity index (χ3n) is 0. The topological polar surface area (TPSA) is 166 Å². The van der Waals surface area contributed by atoms with E-state index in [1.807, 2.05) is 0 Å². The van der Waals surface area contributed by atoms with Crippen molar-refractivity contribution >= 4 is 20.4 Å². The molecule has 11 heteroatoms. The molecule has 0 saturated heterocycles. The van der Waals surface area contributed by atoms with Gasteiger partial charge in [-0.3, -0.25) is 20.4 Å². The number of rotatable bonds is 0. The van der Waals surface area contributed by atoms with E-state index < -0.39 is 0 Å². The molecule has 0 amide bonds. The summed E-state index contributed by atoms with van der Waals surface area (Å²) in [6.45, 7) is 9.75. The summed E-state index contributed by atoms with van der Waals surface area (Å²) in [7, 11) is 1.00. The third-order valence-corrected chi connectivity index (χ3v) is 0. The van der Waals surface area contributed by atoms with Crippen LogP contribution in [0.5, 0.6) is 0 Å². The van der Waals surface area contributed by atoms with E-state index in [1.54, 1.807) is 0 Å². The molecule has 0 fully saturated rings. The van der Waals surface area contributed by atoms with Crippen molar-refractivity contribution in [3.05, 3.63) is 7.43 Å². The zero-order chi connectivity index (χ0) is 8.00. The SMILES string of the molecule is CO.O.O.O.[CH-]=O.[CH-]=O.[CH-]=O.[CH3-].[Re].[Re].[Re].[Re]. The number of aliphatic hydroxyl groups excluding tert-OH is 1. The van der Waals surface area contributed by atoms with Crippen molar-refractivity contribution in [1.82, 2.24) is 0 Å². The van der Waals surface area contributed by atoms with Crippen LogP contribution in [0.2, 0.25) is 0 Å². The Hall–Kier alpha value is 1.50. The molecule has 110 valence electrons. The van der Waals surface area contributed by atoms with E-state index in [0.29, 0.717) is 0 Å². The first-order valence-electron chi connectivity index (χ1n) is 1.15. The second-order valence-electron chi connectivity index (χ2n) is 0. The Bertz CT molecular complexity index is 29.5. The van der Waals surface area contributed by atoms with Gasteiger partial charge in [0.15, 0.2) is 0 Å². The van der Waals surface area contributed by atoms with Crippen molar-refractivity contribution in [2.45, 2.75) is 0 Å². The minimum Gasteiger partial charge on any atom is -0.545 e. The van der Waals surface area contributed by atoms with Crippen LogP contribution in [0.3, 0.4) is 0 Å². The fraction of sp³-hybridized carbons (Fsp3) is 0.200. The first-order chi connectivity index (χ1) is 4.00. The quantitative estimate of drug-likeness (QED) is 0.200. The van der Waals surface area contributed by atoms with Gasteiger partial charge in [-0.1, -0.05) is 0 Å². The molecule has 7 nitrogen and oxygen atoms in total. The van der Waals surface area contributed by atoms with Gasteiger partial charge in [-0.15, -0.1) is 0 Å². The zero-order valence-corrected chi connectivity index (χ0v) is 19.3. The van der Waals surface area contributed by atoms with Crippen LogP contribution < -0.4 is 0 Å². The molecule has 0 bridgehead atoms. The number of aliphatic hydroxyl groups is 1.